The summed E-state index contributed by atoms with van der Waals surface area (Å²) < 4.78 is 6.39. The second-order valence-electron chi connectivity index (χ2n) is 5.36. The van der Waals surface area contributed by atoms with Crippen molar-refractivity contribution in [2.75, 3.05) is 31.5 Å². The fourth-order valence-corrected chi connectivity index (χ4v) is 2.97. The Labute approximate surface area is 132 Å². The molecule has 1 aromatic rings. The second-order valence-corrected chi connectivity index (χ2v) is 6.28. The highest BCUT2D eigenvalue weighted by atomic mass is 79.9. The number of benzene rings is 1. The zero-order valence-electron chi connectivity index (χ0n) is 12.2. The van der Waals surface area contributed by atoms with Gasteiger partial charge < -0.3 is 10.1 Å². The molecule has 0 bridgehead atoms. The number of nitro benzene ring substituents is 1. The van der Waals surface area contributed by atoms with Crippen molar-refractivity contribution >= 4 is 27.3 Å². The standard InChI is InChI=1S/C14H20BrN3O3/c1-10-8-17(9-11(2)21-10)6-5-16-13-4-3-12(15)7-14(13)18(19)20/h3-4,7,10-11,16H,5-6,8-9H2,1-2H3. The van der Waals surface area contributed by atoms with Gasteiger partial charge >= 0.3 is 0 Å². The predicted molar refractivity (Wildman–Crippen MR) is 85.7 cm³/mol. The van der Waals surface area contributed by atoms with Gasteiger partial charge in [0.15, 0.2) is 0 Å². The molecule has 116 valence electrons. The van der Waals surface area contributed by atoms with E-state index in [-0.39, 0.29) is 22.8 Å². The molecule has 1 aliphatic rings. The Morgan fingerprint density at radius 2 is 2.10 bits per heavy atom. The molecule has 0 radical (unpaired) electrons. The summed E-state index contributed by atoms with van der Waals surface area (Å²) in [5.41, 5.74) is 0.644. The number of rotatable bonds is 5. The molecule has 2 rings (SSSR count). The summed E-state index contributed by atoms with van der Waals surface area (Å²) in [6, 6.07) is 5.04. The number of anilines is 1. The van der Waals surface area contributed by atoms with E-state index in [4.69, 9.17) is 4.74 Å². The zero-order valence-corrected chi connectivity index (χ0v) is 13.8. The second kappa shape index (κ2) is 7.20. The zero-order chi connectivity index (χ0) is 15.4. The quantitative estimate of drug-likeness (QED) is 0.648. The van der Waals surface area contributed by atoms with Crippen LogP contribution in [0.4, 0.5) is 11.4 Å². The number of morpholine rings is 1. The van der Waals surface area contributed by atoms with Crippen molar-refractivity contribution in [3.63, 3.8) is 0 Å². The van der Waals surface area contributed by atoms with Gasteiger partial charge in [-0.05, 0) is 26.0 Å². The van der Waals surface area contributed by atoms with Crippen LogP contribution in [0.5, 0.6) is 0 Å². The lowest BCUT2D eigenvalue weighted by Crippen LogP contribution is -2.46. The van der Waals surface area contributed by atoms with E-state index in [9.17, 15) is 10.1 Å². The van der Waals surface area contributed by atoms with E-state index in [0.29, 0.717) is 16.7 Å². The summed E-state index contributed by atoms with van der Waals surface area (Å²) in [7, 11) is 0. The first-order chi connectivity index (χ1) is 9.95. The Morgan fingerprint density at radius 1 is 1.43 bits per heavy atom. The topological polar surface area (TPSA) is 67.6 Å². The van der Waals surface area contributed by atoms with Crippen molar-refractivity contribution in [2.45, 2.75) is 26.1 Å². The average Bonchev–Trinajstić information content (AvgIpc) is 2.39. The molecule has 1 fully saturated rings. The number of halogens is 1. The third-order valence-corrected chi connectivity index (χ3v) is 3.89. The minimum Gasteiger partial charge on any atom is -0.378 e. The SMILES string of the molecule is CC1CN(CCNc2ccc(Br)cc2[N+](=O)[O-])CC(C)O1. The summed E-state index contributed by atoms with van der Waals surface area (Å²) >= 11 is 3.25. The van der Waals surface area contributed by atoms with Crippen molar-refractivity contribution in [2.24, 2.45) is 0 Å². The van der Waals surface area contributed by atoms with Crippen molar-refractivity contribution in [1.29, 1.82) is 0 Å². The van der Waals surface area contributed by atoms with Gasteiger partial charge in [0, 0.05) is 36.7 Å². The van der Waals surface area contributed by atoms with Gasteiger partial charge in [-0.15, -0.1) is 0 Å². The molecule has 1 heterocycles. The largest absolute Gasteiger partial charge is 0.378 e. The monoisotopic (exact) mass is 357 g/mol. The number of hydrogen-bond acceptors (Lipinski definition) is 5. The van der Waals surface area contributed by atoms with Gasteiger partial charge in [-0.3, -0.25) is 15.0 Å². The van der Waals surface area contributed by atoms with Crippen LogP contribution in [0.25, 0.3) is 0 Å². The van der Waals surface area contributed by atoms with Crippen LogP contribution in [0.1, 0.15) is 13.8 Å². The summed E-state index contributed by atoms with van der Waals surface area (Å²) in [5.74, 6) is 0. The third kappa shape index (κ3) is 4.66. The van der Waals surface area contributed by atoms with E-state index in [1.54, 1.807) is 12.1 Å². The molecule has 0 aliphatic carbocycles. The minimum absolute atomic E-state index is 0.0908. The van der Waals surface area contributed by atoms with E-state index in [2.05, 4.69) is 40.0 Å². The van der Waals surface area contributed by atoms with Crippen molar-refractivity contribution in [3.05, 3.63) is 32.8 Å². The molecule has 6 nitrogen and oxygen atoms in total. The van der Waals surface area contributed by atoms with Crippen LogP contribution in [0.2, 0.25) is 0 Å². The number of nitrogens with one attached hydrogen (secondary N) is 1. The highest BCUT2D eigenvalue weighted by Gasteiger charge is 2.22. The molecular weight excluding hydrogens is 338 g/mol. The summed E-state index contributed by atoms with van der Waals surface area (Å²) in [5, 5.41) is 14.2. The molecule has 21 heavy (non-hydrogen) atoms. The maximum Gasteiger partial charge on any atom is 0.293 e. The Morgan fingerprint density at radius 3 is 2.71 bits per heavy atom. The minimum atomic E-state index is -0.369. The lowest BCUT2D eigenvalue weighted by Gasteiger charge is -2.35. The highest BCUT2D eigenvalue weighted by Crippen LogP contribution is 2.27. The van der Waals surface area contributed by atoms with E-state index in [1.165, 1.54) is 6.07 Å². The fourth-order valence-electron chi connectivity index (χ4n) is 2.62. The molecule has 0 aromatic heterocycles. The van der Waals surface area contributed by atoms with Gasteiger partial charge in [0.2, 0.25) is 0 Å². The van der Waals surface area contributed by atoms with E-state index in [0.717, 1.165) is 19.6 Å². The van der Waals surface area contributed by atoms with Gasteiger partial charge in [0.05, 0.1) is 17.1 Å². The number of ether oxygens (including phenoxy) is 1. The lowest BCUT2D eigenvalue weighted by atomic mass is 10.2. The Bertz CT molecular complexity index is 502. The normalized spacial score (nSPS) is 23.0. The van der Waals surface area contributed by atoms with Gasteiger partial charge in [0.25, 0.3) is 5.69 Å². The van der Waals surface area contributed by atoms with Gasteiger partial charge in [0.1, 0.15) is 5.69 Å². The lowest BCUT2D eigenvalue weighted by molar-refractivity contribution is -0.384. The smallest absolute Gasteiger partial charge is 0.293 e. The first-order valence-electron chi connectivity index (χ1n) is 7.01. The van der Waals surface area contributed by atoms with Gasteiger partial charge in [-0.2, -0.15) is 0 Å². The van der Waals surface area contributed by atoms with Crippen LogP contribution in [-0.4, -0.2) is 48.2 Å². The molecule has 1 saturated heterocycles. The Balaban J connectivity index is 1.90. The summed E-state index contributed by atoms with van der Waals surface area (Å²) in [4.78, 5) is 13.0. The number of nitrogens with zero attached hydrogens (tertiary/aromatic N) is 2. The molecular formula is C14H20BrN3O3. The van der Waals surface area contributed by atoms with Crippen molar-refractivity contribution in [3.8, 4) is 0 Å². The molecule has 0 amide bonds. The molecule has 2 atom stereocenters. The highest BCUT2D eigenvalue weighted by molar-refractivity contribution is 9.10. The van der Waals surface area contributed by atoms with E-state index in [1.807, 2.05) is 0 Å². The molecule has 1 aliphatic heterocycles. The summed E-state index contributed by atoms with van der Waals surface area (Å²) in [6.07, 6.45) is 0.464. The third-order valence-electron chi connectivity index (χ3n) is 3.40. The molecule has 1 aromatic carbocycles. The summed E-state index contributed by atoms with van der Waals surface area (Å²) in [6.45, 7) is 7.43. The van der Waals surface area contributed by atoms with Gasteiger partial charge in [-0.25, -0.2) is 0 Å². The van der Waals surface area contributed by atoms with Crippen LogP contribution in [0.3, 0.4) is 0 Å². The Hall–Kier alpha value is -1.18. The molecule has 0 spiro atoms. The maximum absolute atomic E-state index is 11.0. The first kappa shape index (κ1) is 16.2. The molecule has 1 N–H and O–H groups in total. The maximum atomic E-state index is 11.0. The molecule has 7 heteroatoms. The van der Waals surface area contributed by atoms with E-state index < -0.39 is 0 Å². The predicted octanol–water partition coefficient (Wildman–Crippen LogP) is 2.88. The van der Waals surface area contributed by atoms with E-state index >= 15 is 0 Å². The van der Waals surface area contributed by atoms with Crippen LogP contribution in [0, 0.1) is 10.1 Å². The van der Waals surface area contributed by atoms with Crippen LogP contribution in [0.15, 0.2) is 22.7 Å². The molecule has 2 unspecified atom stereocenters. The fraction of sp³-hybridized carbons (Fsp3) is 0.571. The average molecular weight is 358 g/mol. The van der Waals surface area contributed by atoms with Crippen molar-refractivity contribution in [1.82, 2.24) is 4.90 Å². The molecule has 0 saturated carbocycles. The van der Waals surface area contributed by atoms with Crippen LogP contribution < -0.4 is 5.32 Å². The van der Waals surface area contributed by atoms with Crippen LogP contribution in [-0.2, 0) is 4.74 Å². The Kier molecular flexibility index (Phi) is 5.55. The van der Waals surface area contributed by atoms with Gasteiger partial charge in [-0.1, -0.05) is 15.9 Å². The van der Waals surface area contributed by atoms with Crippen molar-refractivity contribution < 1.29 is 9.66 Å². The number of hydrogen-bond donors (Lipinski definition) is 1. The number of nitro groups is 1. The van der Waals surface area contributed by atoms with Crippen LogP contribution >= 0.6 is 15.9 Å². The first-order valence-corrected chi connectivity index (χ1v) is 7.80.